The molecule has 1 amide bonds. The monoisotopic (exact) mass is 295 g/mol. The molecule has 0 aromatic heterocycles. The van der Waals surface area contributed by atoms with Gasteiger partial charge in [-0.2, -0.15) is 0 Å². The van der Waals surface area contributed by atoms with Gasteiger partial charge in [-0.3, -0.25) is 9.59 Å². The molecule has 0 aliphatic heterocycles. The van der Waals surface area contributed by atoms with Crippen LogP contribution in [0, 0.1) is 11.8 Å². The Balaban J connectivity index is 2.00. The van der Waals surface area contributed by atoms with Crippen molar-refractivity contribution in [1.29, 1.82) is 0 Å². The maximum absolute atomic E-state index is 12.3. The molecule has 2 aliphatic carbocycles. The molecular weight excluding hydrogens is 270 g/mol. The van der Waals surface area contributed by atoms with Gasteiger partial charge in [0.05, 0.1) is 7.11 Å². The maximum atomic E-state index is 12.3. The Morgan fingerprint density at radius 3 is 2.48 bits per heavy atom. The number of esters is 1. The number of hydrogen-bond acceptors (Lipinski definition) is 4. The zero-order valence-corrected chi connectivity index (χ0v) is 12.7. The molecule has 0 aromatic rings. The van der Waals surface area contributed by atoms with Gasteiger partial charge in [0.15, 0.2) is 0 Å². The van der Waals surface area contributed by atoms with Gasteiger partial charge >= 0.3 is 5.97 Å². The van der Waals surface area contributed by atoms with Crippen LogP contribution < -0.4 is 5.32 Å². The molecule has 0 spiro atoms. The Morgan fingerprint density at radius 2 is 1.86 bits per heavy atom. The third-order valence-corrected chi connectivity index (χ3v) is 4.72. The molecule has 2 fully saturated rings. The first-order valence-corrected chi connectivity index (χ1v) is 8.01. The first-order valence-electron chi connectivity index (χ1n) is 8.01. The van der Waals surface area contributed by atoms with Crippen LogP contribution in [0.25, 0.3) is 0 Å². The lowest BCUT2D eigenvalue weighted by Crippen LogP contribution is -2.49. The molecule has 0 heterocycles. The largest absolute Gasteiger partial charge is 0.467 e. The van der Waals surface area contributed by atoms with Crippen molar-refractivity contribution in [2.45, 2.75) is 63.8 Å². The van der Waals surface area contributed by atoms with Crippen molar-refractivity contribution in [1.82, 2.24) is 5.32 Å². The fourth-order valence-corrected chi connectivity index (χ4v) is 3.47. The highest BCUT2D eigenvalue weighted by atomic mass is 16.5. The van der Waals surface area contributed by atoms with Crippen molar-refractivity contribution in [2.24, 2.45) is 11.8 Å². The van der Waals surface area contributed by atoms with Crippen LogP contribution in [-0.2, 0) is 19.1 Å². The minimum absolute atomic E-state index is 0.00481. The minimum Gasteiger partial charge on any atom is -0.467 e. The van der Waals surface area contributed by atoms with Gasteiger partial charge in [0, 0.05) is 18.8 Å². The molecular formula is C16H25NO4. The number of Topliss-reactive ketones (excluding diaryl/α,β-unsaturated/α-hetero) is 1. The van der Waals surface area contributed by atoms with E-state index in [9.17, 15) is 14.4 Å². The third-order valence-electron chi connectivity index (χ3n) is 4.72. The number of hydrogen-bond donors (Lipinski definition) is 1. The number of rotatable bonds is 4. The topological polar surface area (TPSA) is 72.5 Å². The number of carbonyl (C=O) groups excluding carboxylic acids is 3. The van der Waals surface area contributed by atoms with Crippen LogP contribution in [0.15, 0.2) is 0 Å². The Morgan fingerprint density at radius 1 is 1.14 bits per heavy atom. The molecule has 5 nitrogen and oxygen atoms in total. The van der Waals surface area contributed by atoms with E-state index >= 15 is 0 Å². The molecule has 1 N–H and O–H groups in total. The Kier molecular flexibility index (Phi) is 5.76. The van der Waals surface area contributed by atoms with Crippen LogP contribution in [0.4, 0.5) is 0 Å². The molecule has 0 unspecified atom stereocenters. The van der Waals surface area contributed by atoms with E-state index in [1.165, 1.54) is 13.5 Å². The van der Waals surface area contributed by atoms with Gasteiger partial charge in [0.2, 0.25) is 5.91 Å². The van der Waals surface area contributed by atoms with Gasteiger partial charge in [-0.05, 0) is 31.6 Å². The van der Waals surface area contributed by atoms with Crippen molar-refractivity contribution in [3.05, 3.63) is 0 Å². The lowest BCUT2D eigenvalue weighted by molar-refractivity contribution is -0.148. The van der Waals surface area contributed by atoms with Crippen molar-refractivity contribution in [3.63, 3.8) is 0 Å². The second kappa shape index (κ2) is 7.57. The van der Waals surface area contributed by atoms with Gasteiger partial charge in [-0.25, -0.2) is 4.79 Å². The zero-order chi connectivity index (χ0) is 15.2. The number of ketones is 1. The van der Waals surface area contributed by atoms with E-state index in [2.05, 4.69) is 5.32 Å². The summed E-state index contributed by atoms with van der Waals surface area (Å²) in [6.45, 7) is 0. The first-order chi connectivity index (χ1) is 10.1. The molecule has 2 atom stereocenters. The van der Waals surface area contributed by atoms with E-state index in [0.29, 0.717) is 12.8 Å². The van der Waals surface area contributed by atoms with Crippen LogP contribution in [0.1, 0.15) is 57.8 Å². The first kappa shape index (κ1) is 16.0. The summed E-state index contributed by atoms with van der Waals surface area (Å²) in [5.41, 5.74) is 0. The summed E-state index contributed by atoms with van der Waals surface area (Å²) in [6, 6.07) is -0.673. The van der Waals surface area contributed by atoms with Gasteiger partial charge < -0.3 is 10.1 Å². The lowest BCUT2D eigenvalue weighted by atomic mass is 9.82. The predicted molar refractivity (Wildman–Crippen MR) is 77.5 cm³/mol. The van der Waals surface area contributed by atoms with E-state index in [0.717, 1.165) is 38.5 Å². The lowest BCUT2D eigenvalue weighted by Gasteiger charge is -2.30. The van der Waals surface area contributed by atoms with E-state index in [4.69, 9.17) is 4.74 Å². The third kappa shape index (κ3) is 4.29. The predicted octanol–water partition coefficient (Wildman–Crippen LogP) is 1.98. The Labute approximate surface area is 125 Å². The molecule has 0 radical (unpaired) electrons. The summed E-state index contributed by atoms with van der Waals surface area (Å²) < 4.78 is 4.82. The highest BCUT2D eigenvalue weighted by Crippen LogP contribution is 2.27. The molecule has 0 aromatic carbocycles. The molecule has 0 saturated heterocycles. The number of methoxy groups -OCH3 is 1. The second-order valence-corrected chi connectivity index (χ2v) is 6.24. The number of amides is 1. The van der Waals surface area contributed by atoms with Gasteiger partial charge in [-0.1, -0.05) is 19.3 Å². The molecule has 5 heteroatoms. The maximum Gasteiger partial charge on any atom is 0.328 e. The molecule has 0 bridgehead atoms. The van der Waals surface area contributed by atoms with Crippen LogP contribution in [0.2, 0.25) is 0 Å². The summed E-state index contributed by atoms with van der Waals surface area (Å²) in [6.07, 6.45) is 7.64. The fourth-order valence-electron chi connectivity index (χ4n) is 3.47. The van der Waals surface area contributed by atoms with Gasteiger partial charge in [-0.15, -0.1) is 0 Å². The quantitative estimate of drug-likeness (QED) is 0.805. The zero-order valence-electron chi connectivity index (χ0n) is 12.7. The minimum atomic E-state index is -0.673. The standard InChI is InChI=1S/C16H25NO4/c1-21-16(20)14(12-8-5-9-13(18)10-12)17-15(19)11-6-3-2-4-7-11/h11-12,14H,2-10H2,1H3,(H,17,19)/t12-,14-/m1/s1. The molecule has 2 saturated carbocycles. The smallest absolute Gasteiger partial charge is 0.328 e. The number of nitrogens with one attached hydrogen (secondary N) is 1. The molecule has 118 valence electrons. The van der Waals surface area contributed by atoms with Crippen molar-refractivity contribution in [3.8, 4) is 0 Å². The fraction of sp³-hybridized carbons (Fsp3) is 0.812. The molecule has 2 aliphatic rings. The number of carbonyl (C=O) groups is 3. The van der Waals surface area contributed by atoms with Gasteiger partial charge in [0.25, 0.3) is 0 Å². The number of ether oxygens (including phenoxy) is 1. The van der Waals surface area contributed by atoms with Crippen molar-refractivity contribution < 1.29 is 19.1 Å². The van der Waals surface area contributed by atoms with E-state index in [-0.39, 0.29) is 23.5 Å². The van der Waals surface area contributed by atoms with E-state index in [1.54, 1.807) is 0 Å². The Hall–Kier alpha value is -1.39. The average Bonchev–Trinajstić information content (AvgIpc) is 2.52. The summed E-state index contributed by atoms with van der Waals surface area (Å²) in [5, 5.41) is 2.86. The second-order valence-electron chi connectivity index (χ2n) is 6.24. The summed E-state index contributed by atoms with van der Waals surface area (Å²) in [7, 11) is 1.33. The highest BCUT2D eigenvalue weighted by molar-refractivity contribution is 5.87. The van der Waals surface area contributed by atoms with Crippen LogP contribution >= 0.6 is 0 Å². The average molecular weight is 295 g/mol. The Bertz CT molecular complexity index is 401. The van der Waals surface area contributed by atoms with E-state index in [1.807, 2.05) is 0 Å². The summed E-state index contributed by atoms with van der Waals surface area (Å²) >= 11 is 0. The van der Waals surface area contributed by atoms with Crippen molar-refractivity contribution >= 4 is 17.7 Å². The summed E-state index contributed by atoms with van der Waals surface area (Å²) in [4.78, 5) is 35.9. The van der Waals surface area contributed by atoms with Gasteiger partial charge in [0.1, 0.15) is 11.8 Å². The van der Waals surface area contributed by atoms with Crippen LogP contribution in [0.3, 0.4) is 0 Å². The molecule has 21 heavy (non-hydrogen) atoms. The van der Waals surface area contributed by atoms with Crippen LogP contribution in [0.5, 0.6) is 0 Å². The SMILES string of the molecule is COC(=O)[C@H](NC(=O)C1CCCCC1)[C@@H]1CCCC(=O)C1. The van der Waals surface area contributed by atoms with Crippen LogP contribution in [-0.4, -0.2) is 30.8 Å². The van der Waals surface area contributed by atoms with Crippen molar-refractivity contribution in [2.75, 3.05) is 7.11 Å². The summed E-state index contributed by atoms with van der Waals surface area (Å²) in [5.74, 6) is -0.425. The highest BCUT2D eigenvalue weighted by Gasteiger charge is 2.35. The molecule has 2 rings (SSSR count). The normalized spacial score (nSPS) is 25.2. The van der Waals surface area contributed by atoms with E-state index < -0.39 is 12.0 Å².